The van der Waals surface area contributed by atoms with Crippen molar-refractivity contribution in [3.8, 4) is 0 Å². The molecule has 1 aromatic heterocycles. The smallest absolute Gasteiger partial charge is 0.0658 e. The molecule has 1 nitrogen and oxygen atoms in total. The SMILES string of the molecule is C=C/C=C(\C=C(/C)c1ccccn1)CCC. The third-order valence-corrected chi connectivity index (χ3v) is 2.34. The van der Waals surface area contributed by atoms with Crippen molar-refractivity contribution >= 4 is 5.57 Å². The zero-order valence-electron chi connectivity index (χ0n) is 10.1. The lowest BCUT2D eigenvalue weighted by molar-refractivity contribution is 0.926. The first-order valence-electron chi connectivity index (χ1n) is 5.69. The molecule has 0 aliphatic heterocycles. The maximum Gasteiger partial charge on any atom is 0.0658 e. The highest BCUT2D eigenvalue weighted by Crippen LogP contribution is 2.16. The van der Waals surface area contributed by atoms with Crippen LogP contribution in [0.2, 0.25) is 0 Å². The molecular formula is C15H19N. The molecule has 0 atom stereocenters. The van der Waals surface area contributed by atoms with Crippen LogP contribution in [-0.2, 0) is 0 Å². The zero-order chi connectivity index (χ0) is 11.8. The quantitative estimate of drug-likeness (QED) is 0.661. The van der Waals surface area contributed by atoms with E-state index in [9.17, 15) is 0 Å². The topological polar surface area (TPSA) is 12.9 Å². The van der Waals surface area contributed by atoms with E-state index in [-0.39, 0.29) is 0 Å². The van der Waals surface area contributed by atoms with Crippen molar-refractivity contribution in [2.75, 3.05) is 0 Å². The molecule has 1 rings (SSSR count). The van der Waals surface area contributed by atoms with E-state index in [1.807, 2.05) is 30.5 Å². The van der Waals surface area contributed by atoms with E-state index in [2.05, 4.69) is 37.6 Å². The van der Waals surface area contributed by atoms with Crippen molar-refractivity contribution in [3.63, 3.8) is 0 Å². The Balaban J connectivity index is 2.90. The second-order valence-electron chi connectivity index (χ2n) is 3.77. The predicted octanol–water partition coefficient (Wildman–Crippen LogP) is 4.40. The van der Waals surface area contributed by atoms with E-state index in [4.69, 9.17) is 0 Å². The standard InChI is InChI=1S/C15H19N/c1-4-8-14(9-5-2)12-13(3)15-10-6-7-11-16-15/h4,6-8,10-12H,1,5,9H2,2-3H3/b13-12+,14-8-. The summed E-state index contributed by atoms with van der Waals surface area (Å²) in [4.78, 5) is 4.33. The minimum absolute atomic E-state index is 1.04. The van der Waals surface area contributed by atoms with Gasteiger partial charge in [-0.1, -0.05) is 44.2 Å². The summed E-state index contributed by atoms with van der Waals surface area (Å²) in [7, 11) is 0. The Kier molecular flexibility index (Phi) is 5.27. The highest BCUT2D eigenvalue weighted by atomic mass is 14.7. The van der Waals surface area contributed by atoms with Crippen molar-refractivity contribution < 1.29 is 0 Å². The van der Waals surface area contributed by atoms with Gasteiger partial charge in [0.2, 0.25) is 0 Å². The molecule has 0 amide bonds. The maximum atomic E-state index is 4.33. The van der Waals surface area contributed by atoms with Gasteiger partial charge in [-0.15, -0.1) is 0 Å². The van der Waals surface area contributed by atoms with Crippen LogP contribution in [0.3, 0.4) is 0 Å². The molecule has 0 aliphatic rings. The average molecular weight is 213 g/mol. The highest BCUT2D eigenvalue weighted by molar-refractivity contribution is 5.63. The van der Waals surface area contributed by atoms with E-state index in [0.29, 0.717) is 0 Å². The largest absolute Gasteiger partial charge is 0.257 e. The molecule has 1 heteroatoms. The van der Waals surface area contributed by atoms with E-state index < -0.39 is 0 Å². The molecule has 0 saturated heterocycles. The van der Waals surface area contributed by atoms with Gasteiger partial charge in [0.05, 0.1) is 5.69 Å². The molecule has 1 heterocycles. The van der Waals surface area contributed by atoms with Gasteiger partial charge in [0.25, 0.3) is 0 Å². The fraction of sp³-hybridized carbons (Fsp3) is 0.267. The highest BCUT2D eigenvalue weighted by Gasteiger charge is 1.97. The van der Waals surface area contributed by atoms with Gasteiger partial charge in [-0.05, 0) is 36.6 Å². The Bertz CT molecular complexity index is 385. The van der Waals surface area contributed by atoms with Gasteiger partial charge >= 0.3 is 0 Å². The Morgan fingerprint density at radius 1 is 1.44 bits per heavy atom. The summed E-state index contributed by atoms with van der Waals surface area (Å²) in [5.41, 5.74) is 3.54. The van der Waals surface area contributed by atoms with Crippen molar-refractivity contribution in [2.24, 2.45) is 0 Å². The molecule has 1 aromatic rings. The maximum absolute atomic E-state index is 4.33. The fourth-order valence-corrected chi connectivity index (χ4v) is 1.59. The molecular weight excluding hydrogens is 194 g/mol. The summed E-state index contributed by atoms with van der Waals surface area (Å²) in [6.07, 6.45) is 10.1. The van der Waals surface area contributed by atoms with Crippen molar-refractivity contribution in [1.82, 2.24) is 4.98 Å². The van der Waals surface area contributed by atoms with E-state index >= 15 is 0 Å². The molecule has 0 spiro atoms. The number of hydrogen-bond acceptors (Lipinski definition) is 1. The molecule has 0 N–H and O–H groups in total. The van der Waals surface area contributed by atoms with Crippen molar-refractivity contribution in [3.05, 3.63) is 60.5 Å². The van der Waals surface area contributed by atoms with Gasteiger partial charge in [-0.2, -0.15) is 0 Å². The average Bonchev–Trinajstić information content (AvgIpc) is 2.31. The molecule has 0 aromatic carbocycles. The first-order valence-corrected chi connectivity index (χ1v) is 5.69. The lowest BCUT2D eigenvalue weighted by Crippen LogP contribution is -1.86. The molecule has 0 saturated carbocycles. The summed E-state index contributed by atoms with van der Waals surface area (Å²) in [6, 6.07) is 5.98. The van der Waals surface area contributed by atoms with Gasteiger partial charge in [0, 0.05) is 6.20 Å². The van der Waals surface area contributed by atoms with Gasteiger partial charge < -0.3 is 0 Å². The summed E-state index contributed by atoms with van der Waals surface area (Å²) in [5, 5.41) is 0. The van der Waals surface area contributed by atoms with Gasteiger partial charge in [0.15, 0.2) is 0 Å². The third-order valence-electron chi connectivity index (χ3n) is 2.34. The summed E-state index contributed by atoms with van der Waals surface area (Å²) in [6.45, 7) is 8.02. The van der Waals surface area contributed by atoms with Crippen LogP contribution in [0.15, 0.2) is 54.8 Å². The van der Waals surface area contributed by atoms with Crippen molar-refractivity contribution in [2.45, 2.75) is 26.7 Å². The summed E-state index contributed by atoms with van der Waals surface area (Å²) in [5.74, 6) is 0. The van der Waals surface area contributed by atoms with Crippen LogP contribution in [0, 0.1) is 0 Å². The van der Waals surface area contributed by atoms with Crippen LogP contribution in [0.1, 0.15) is 32.4 Å². The van der Waals surface area contributed by atoms with E-state index in [1.165, 1.54) is 11.1 Å². The molecule has 0 aliphatic carbocycles. The van der Waals surface area contributed by atoms with E-state index in [1.54, 1.807) is 0 Å². The van der Waals surface area contributed by atoms with Crippen LogP contribution in [0.25, 0.3) is 5.57 Å². The Morgan fingerprint density at radius 2 is 2.25 bits per heavy atom. The van der Waals surface area contributed by atoms with Gasteiger partial charge in [-0.3, -0.25) is 4.98 Å². The Hall–Kier alpha value is -1.63. The van der Waals surface area contributed by atoms with Crippen molar-refractivity contribution in [1.29, 1.82) is 0 Å². The minimum Gasteiger partial charge on any atom is -0.257 e. The fourth-order valence-electron chi connectivity index (χ4n) is 1.59. The number of hydrogen-bond donors (Lipinski definition) is 0. The molecule has 0 unspecified atom stereocenters. The second-order valence-corrected chi connectivity index (χ2v) is 3.77. The molecule has 0 fully saturated rings. The molecule has 84 valence electrons. The lowest BCUT2D eigenvalue weighted by Gasteiger charge is -2.03. The van der Waals surface area contributed by atoms with E-state index in [0.717, 1.165) is 18.5 Å². The van der Waals surface area contributed by atoms with Crippen LogP contribution >= 0.6 is 0 Å². The van der Waals surface area contributed by atoms with Gasteiger partial charge in [-0.25, -0.2) is 0 Å². The normalized spacial score (nSPS) is 12.6. The first-order chi connectivity index (χ1) is 7.77. The number of allylic oxidation sites excluding steroid dienone is 5. The summed E-state index contributed by atoms with van der Waals surface area (Å²) >= 11 is 0. The first kappa shape index (κ1) is 12.4. The lowest BCUT2D eigenvalue weighted by atomic mass is 10.1. The van der Waals surface area contributed by atoms with Crippen LogP contribution in [0.5, 0.6) is 0 Å². The molecule has 0 bridgehead atoms. The summed E-state index contributed by atoms with van der Waals surface area (Å²) < 4.78 is 0. The number of aromatic nitrogens is 1. The Labute approximate surface area is 98.2 Å². The number of pyridine rings is 1. The van der Waals surface area contributed by atoms with Gasteiger partial charge in [0.1, 0.15) is 0 Å². The number of nitrogens with zero attached hydrogens (tertiary/aromatic N) is 1. The van der Waals surface area contributed by atoms with Crippen LogP contribution < -0.4 is 0 Å². The Morgan fingerprint density at radius 3 is 2.81 bits per heavy atom. The molecule has 16 heavy (non-hydrogen) atoms. The monoisotopic (exact) mass is 213 g/mol. The molecule has 0 radical (unpaired) electrons. The number of rotatable bonds is 5. The minimum atomic E-state index is 1.04. The second kappa shape index (κ2) is 6.78. The van der Waals surface area contributed by atoms with Crippen LogP contribution in [-0.4, -0.2) is 4.98 Å². The van der Waals surface area contributed by atoms with Crippen LogP contribution in [0.4, 0.5) is 0 Å². The predicted molar refractivity (Wildman–Crippen MR) is 71.1 cm³/mol. The zero-order valence-corrected chi connectivity index (χ0v) is 10.1. The third kappa shape index (κ3) is 3.85.